The van der Waals surface area contributed by atoms with Gasteiger partial charge in [-0.3, -0.25) is 14.3 Å². The minimum absolute atomic E-state index is 0.0886. The number of hydrogen-bond acceptors (Lipinski definition) is 4. The highest BCUT2D eigenvalue weighted by molar-refractivity contribution is 6.30. The molecule has 4 aromatic rings. The van der Waals surface area contributed by atoms with E-state index in [1.54, 1.807) is 0 Å². The fourth-order valence-corrected chi connectivity index (χ4v) is 5.23. The molecule has 0 radical (unpaired) electrons. The minimum Gasteiger partial charge on any atom is -0.368 e. The molecular formula is C26H28ClN5O2. The van der Waals surface area contributed by atoms with E-state index >= 15 is 0 Å². The normalized spacial score (nSPS) is 15.3. The second-order valence-electron chi connectivity index (χ2n) is 8.90. The number of aromatic nitrogens is 3. The van der Waals surface area contributed by atoms with Crippen LogP contribution in [0.25, 0.3) is 16.6 Å². The zero-order valence-corrected chi connectivity index (χ0v) is 20.4. The molecule has 3 heterocycles. The average molecular weight is 478 g/mol. The molecule has 2 aromatic carbocycles. The summed E-state index contributed by atoms with van der Waals surface area (Å²) in [7, 11) is 0. The molecule has 1 atom stereocenters. The Hall–Kier alpha value is -3.32. The average Bonchev–Trinajstić information content (AvgIpc) is 3.16. The summed E-state index contributed by atoms with van der Waals surface area (Å²) in [6.45, 7) is 8.79. The predicted octanol–water partition coefficient (Wildman–Crippen LogP) is 4.22. The zero-order chi connectivity index (χ0) is 24.0. The number of benzene rings is 2. The number of rotatable bonds is 4. The molecule has 2 aromatic heterocycles. The van der Waals surface area contributed by atoms with E-state index in [1.165, 1.54) is 11.6 Å². The van der Waals surface area contributed by atoms with Gasteiger partial charge in [0.05, 0.1) is 5.52 Å². The van der Waals surface area contributed by atoms with Gasteiger partial charge in [0, 0.05) is 54.0 Å². The molecule has 34 heavy (non-hydrogen) atoms. The molecule has 1 aliphatic heterocycles. The molecule has 0 N–H and O–H groups in total. The highest BCUT2D eigenvalue weighted by atomic mass is 35.5. The van der Waals surface area contributed by atoms with Gasteiger partial charge in [-0.2, -0.15) is 4.98 Å². The number of aryl methyl sites for hydroxylation is 2. The van der Waals surface area contributed by atoms with Crippen LogP contribution in [0.3, 0.4) is 0 Å². The molecule has 0 saturated carbocycles. The summed E-state index contributed by atoms with van der Waals surface area (Å²) < 4.78 is 3.94. The van der Waals surface area contributed by atoms with E-state index in [-0.39, 0.29) is 11.5 Å². The summed E-state index contributed by atoms with van der Waals surface area (Å²) in [5.74, 6) is 0.0886. The minimum atomic E-state index is -0.398. The van der Waals surface area contributed by atoms with E-state index < -0.39 is 6.04 Å². The topological polar surface area (TPSA) is 62.9 Å². The molecule has 8 heteroatoms. The first-order valence-corrected chi connectivity index (χ1v) is 12.1. The van der Waals surface area contributed by atoms with Crippen molar-refractivity contribution >= 4 is 39.7 Å². The smallest absolute Gasteiger partial charge is 0.273 e. The maximum Gasteiger partial charge on any atom is 0.273 e. The van der Waals surface area contributed by atoms with Crippen molar-refractivity contribution in [3.63, 3.8) is 0 Å². The standard InChI is InChI=1S/C26H28ClN5O2/c1-4-21(26(34)30-13-11-29(12-14-30)23-16-19(27)10-9-17(23)2)32-22-8-6-5-7-20(22)25-28-24(33)15-18(3)31(25)32/h5-10,15-16,21H,4,11-14H2,1-3H3/t21-/m1/s1. The number of hydrogen-bond donors (Lipinski definition) is 0. The lowest BCUT2D eigenvalue weighted by atomic mass is 10.1. The van der Waals surface area contributed by atoms with Gasteiger partial charge in [-0.15, -0.1) is 0 Å². The molecule has 5 rings (SSSR count). The van der Waals surface area contributed by atoms with Gasteiger partial charge in [0.25, 0.3) is 5.56 Å². The first-order valence-electron chi connectivity index (χ1n) is 11.7. The molecule has 1 fully saturated rings. The Morgan fingerprint density at radius 1 is 1.06 bits per heavy atom. The Bertz CT molecular complexity index is 1450. The maximum atomic E-state index is 13.8. The van der Waals surface area contributed by atoms with Crippen LogP contribution in [0.1, 0.15) is 30.6 Å². The lowest BCUT2D eigenvalue weighted by molar-refractivity contribution is -0.135. The van der Waals surface area contributed by atoms with Crippen LogP contribution in [0.15, 0.2) is 53.3 Å². The lowest BCUT2D eigenvalue weighted by Crippen LogP contribution is -2.51. The van der Waals surface area contributed by atoms with E-state index in [1.807, 2.05) is 70.4 Å². The van der Waals surface area contributed by atoms with Crippen molar-refractivity contribution in [2.75, 3.05) is 31.1 Å². The molecule has 0 unspecified atom stereocenters. The number of carbonyl (C=O) groups is 1. The number of para-hydroxylation sites is 1. The van der Waals surface area contributed by atoms with Gasteiger partial charge in [-0.05, 0) is 50.1 Å². The summed E-state index contributed by atoms with van der Waals surface area (Å²) in [6.07, 6.45) is 0.631. The summed E-state index contributed by atoms with van der Waals surface area (Å²) >= 11 is 6.23. The molecule has 1 saturated heterocycles. The number of carbonyl (C=O) groups excluding carboxylic acids is 1. The van der Waals surface area contributed by atoms with Gasteiger partial charge >= 0.3 is 0 Å². The van der Waals surface area contributed by atoms with Gasteiger partial charge < -0.3 is 9.80 Å². The first-order chi connectivity index (χ1) is 16.4. The van der Waals surface area contributed by atoms with Crippen LogP contribution in [0.4, 0.5) is 5.69 Å². The van der Waals surface area contributed by atoms with Crippen molar-refractivity contribution in [1.82, 2.24) is 19.1 Å². The van der Waals surface area contributed by atoms with Crippen LogP contribution < -0.4 is 10.5 Å². The number of nitrogens with zero attached hydrogens (tertiary/aromatic N) is 5. The Kier molecular flexibility index (Phi) is 5.81. The van der Waals surface area contributed by atoms with E-state index in [9.17, 15) is 9.59 Å². The van der Waals surface area contributed by atoms with Crippen molar-refractivity contribution in [2.45, 2.75) is 33.2 Å². The summed E-state index contributed by atoms with van der Waals surface area (Å²) in [5.41, 5.74) is 4.29. The van der Waals surface area contributed by atoms with Crippen LogP contribution in [0.2, 0.25) is 5.02 Å². The fraction of sp³-hybridized carbons (Fsp3) is 0.346. The van der Waals surface area contributed by atoms with E-state index in [2.05, 4.69) is 16.8 Å². The number of amides is 1. The van der Waals surface area contributed by atoms with E-state index in [0.29, 0.717) is 25.2 Å². The van der Waals surface area contributed by atoms with Gasteiger partial charge in [-0.1, -0.05) is 36.7 Å². The predicted molar refractivity (Wildman–Crippen MR) is 136 cm³/mol. The largest absolute Gasteiger partial charge is 0.368 e. The van der Waals surface area contributed by atoms with Crippen LogP contribution >= 0.6 is 11.6 Å². The fourth-order valence-electron chi connectivity index (χ4n) is 5.07. The summed E-state index contributed by atoms with van der Waals surface area (Å²) in [6, 6.07) is 14.9. The number of fused-ring (bicyclic) bond motifs is 3. The number of piperazine rings is 1. The monoisotopic (exact) mass is 477 g/mol. The SMILES string of the molecule is CC[C@H](C(=O)N1CCN(c2cc(Cl)ccc2C)CC1)n1c2ccccc2c2nc(=O)cc(C)n21. The Labute approximate surface area is 203 Å². The number of halogens is 1. The van der Waals surface area contributed by atoms with Crippen molar-refractivity contribution in [3.8, 4) is 0 Å². The van der Waals surface area contributed by atoms with Crippen molar-refractivity contribution in [2.24, 2.45) is 0 Å². The second kappa shape index (κ2) is 8.80. The molecule has 0 aliphatic carbocycles. The highest BCUT2D eigenvalue weighted by Gasteiger charge is 2.31. The molecule has 176 valence electrons. The van der Waals surface area contributed by atoms with Crippen LogP contribution in [-0.4, -0.2) is 51.2 Å². The molecule has 1 amide bonds. The van der Waals surface area contributed by atoms with Crippen molar-refractivity contribution in [3.05, 3.63) is 75.2 Å². The Morgan fingerprint density at radius 3 is 2.53 bits per heavy atom. The Morgan fingerprint density at radius 2 is 1.79 bits per heavy atom. The number of anilines is 1. The third kappa shape index (κ3) is 3.74. The van der Waals surface area contributed by atoms with Gasteiger partial charge in [0.2, 0.25) is 5.91 Å². The van der Waals surface area contributed by atoms with Crippen molar-refractivity contribution in [1.29, 1.82) is 0 Å². The first kappa shape index (κ1) is 22.5. The molecule has 0 spiro atoms. The lowest BCUT2D eigenvalue weighted by Gasteiger charge is -2.38. The van der Waals surface area contributed by atoms with E-state index in [4.69, 9.17) is 11.6 Å². The molecular weight excluding hydrogens is 450 g/mol. The molecule has 1 aliphatic rings. The van der Waals surface area contributed by atoms with Crippen LogP contribution in [0, 0.1) is 13.8 Å². The third-order valence-electron chi connectivity index (χ3n) is 6.76. The van der Waals surface area contributed by atoms with Gasteiger partial charge in [-0.25, -0.2) is 4.52 Å². The Balaban J connectivity index is 1.48. The molecule has 0 bridgehead atoms. The third-order valence-corrected chi connectivity index (χ3v) is 7.00. The van der Waals surface area contributed by atoms with Gasteiger partial charge in [0.1, 0.15) is 6.04 Å². The maximum absolute atomic E-state index is 13.8. The van der Waals surface area contributed by atoms with Crippen molar-refractivity contribution < 1.29 is 4.79 Å². The van der Waals surface area contributed by atoms with E-state index in [0.717, 1.165) is 40.4 Å². The zero-order valence-electron chi connectivity index (χ0n) is 19.7. The second-order valence-corrected chi connectivity index (χ2v) is 9.34. The van der Waals surface area contributed by atoms with Crippen LogP contribution in [0.5, 0.6) is 0 Å². The van der Waals surface area contributed by atoms with Gasteiger partial charge in [0.15, 0.2) is 5.65 Å². The van der Waals surface area contributed by atoms with Crippen LogP contribution in [-0.2, 0) is 4.79 Å². The highest BCUT2D eigenvalue weighted by Crippen LogP contribution is 2.29. The summed E-state index contributed by atoms with van der Waals surface area (Å²) in [5, 5.41) is 1.59. The summed E-state index contributed by atoms with van der Waals surface area (Å²) in [4.78, 5) is 34.5. The quantitative estimate of drug-likeness (QED) is 0.441. The molecule has 7 nitrogen and oxygen atoms in total.